The molecule has 0 spiro atoms. The molecule has 0 fully saturated rings. The highest BCUT2D eigenvalue weighted by Crippen LogP contribution is 2.20. The summed E-state index contributed by atoms with van der Waals surface area (Å²) in [5.41, 5.74) is 7.51. The number of ether oxygens (including phenoxy) is 1. The van der Waals surface area contributed by atoms with Gasteiger partial charge in [-0.15, -0.1) is 0 Å². The second-order valence-electron chi connectivity index (χ2n) is 8.02. The van der Waals surface area contributed by atoms with E-state index in [1.54, 1.807) is 12.1 Å². The van der Waals surface area contributed by atoms with Gasteiger partial charge in [-0.3, -0.25) is 15.3 Å². The summed E-state index contributed by atoms with van der Waals surface area (Å²) in [4.78, 5) is 11.3. The predicted octanol–water partition coefficient (Wildman–Crippen LogP) is 6.21. The first-order valence-corrected chi connectivity index (χ1v) is 13.0. The van der Waals surface area contributed by atoms with Crippen LogP contribution >= 0.6 is 0 Å². The van der Waals surface area contributed by atoms with Crippen molar-refractivity contribution in [3.8, 4) is 5.75 Å². The summed E-state index contributed by atoms with van der Waals surface area (Å²) >= 11 is 0. The molecule has 0 unspecified atom stereocenters. The summed E-state index contributed by atoms with van der Waals surface area (Å²) in [7, 11) is -3.80. The monoisotopic (exact) mass is 459 g/mol. The highest BCUT2D eigenvalue weighted by molar-refractivity contribution is 7.92. The molecule has 175 valence electrons. The minimum absolute atomic E-state index is 0.103. The molecule has 0 aliphatic rings. The van der Waals surface area contributed by atoms with Gasteiger partial charge >= 0.3 is 0 Å². The Bertz CT molecular complexity index is 927. The maximum Gasteiger partial charge on any atom is 0.269 e. The first-order chi connectivity index (χ1) is 15.4. The molecule has 7 heteroatoms. The SMILES string of the molecule is CCCCCCCCCCCCOc1ccc(S(=O)(=O)Nc2cccc(C([NH])=O)c2)cc1. The van der Waals surface area contributed by atoms with Gasteiger partial charge in [0.25, 0.3) is 15.9 Å². The Morgan fingerprint density at radius 1 is 0.875 bits per heavy atom. The van der Waals surface area contributed by atoms with Crippen LogP contribution < -0.4 is 15.2 Å². The van der Waals surface area contributed by atoms with Crippen LogP contribution in [0.25, 0.3) is 0 Å². The Labute approximate surface area is 192 Å². The number of hydrogen-bond acceptors (Lipinski definition) is 4. The zero-order chi connectivity index (χ0) is 23.2. The molecule has 1 amide bonds. The molecule has 6 nitrogen and oxygen atoms in total. The third-order valence-electron chi connectivity index (χ3n) is 5.28. The van der Waals surface area contributed by atoms with Crippen molar-refractivity contribution < 1.29 is 17.9 Å². The van der Waals surface area contributed by atoms with Crippen LogP contribution in [0.2, 0.25) is 0 Å². The topological polar surface area (TPSA) is 96.3 Å². The molecule has 0 atom stereocenters. The first-order valence-electron chi connectivity index (χ1n) is 11.5. The van der Waals surface area contributed by atoms with Gasteiger partial charge in [-0.25, -0.2) is 8.42 Å². The van der Waals surface area contributed by atoms with Crippen molar-refractivity contribution in [1.82, 2.24) is 5.73 Å². The molecule has 0 heterocycles. The summed E-state index contributed by atoms with van der Waals surface area (Å²) in [6.07, 6.45) is 12.7. The number of benzene rings is 2. The van der Waals surface area contributed by atoms with Gasteiger partial charge in [0.2, 0.25) is 0 Å². The van der Waals surface area contributed by atoms with Gasteiger partial charge in [-0.1, -0.05) is 70.8 Å². The predicted molar refractivity (Wildman–Crippen MR) is 128 cm³/mol. The summed E-state index contributed by atoms with van der Waals surface area (Å²) < 4.78 is 33.3. The maximum atomic E-state index is 12.6. The largest absolute Gasteiger partial charge is 0.494 e. The first kappa shape index (κ1) is 25.7. The summed E-state index contributed by atoms with van der Waals surface area (Å²) in [6, 6.07) is 12.2. The molecular weight excluding hydrogens is 424 g/mol. The van der Waals surface area contributed by atoms with Crippen molar-refractivity contribution >= 4 is 21.6 Å². The standard InChI is InChI=1S/C25H35N2O4S/c1-2-3-4-5-6-7-8-9-10-11-19-31-23-15-17-24(18-16-23)32(29,30)27-22-14-12-13-21(20-22)25(26)28/h12-18,20,26-27H,2-11,19H2,1H3. The third-order valence-corrected chi connectivity index (χ3v) is 6.67. The number of hydrogen-bond donors (Lipinski definition) is 1. The van der Waals surface area contributed by atoms with Crippen molar-refractivity contribution in [3.05, 3.63) is 54.1 Å². The van der Waals surface area contributed by atoms with E-state index in [1.807, 2.05) is 0 Å². The molecular formula is C25H35N2O4S. The second kappa shape index (κ2) is 13.8. The molecule has 2 aromatic rings. The number of carbonyl (C=O) groups excluding carboxylic acids is 1. The number of sulfonamides is 1. The Hall–Kier alpha value is -2.54. The van der Waals surface area contributed by atoms with Gasteiger partial charge in [0.05, 0.1) is 11.5 Å². The van der Waals surface area contributed by atoms with Gasteiger partial charge < -0.3 is 4.74 Å². The average molecular weight is 460 g/mol. The average Bonchev–Trinajstić information content (AvgIpc) is 2.77. The van der Waals surface area contributed by atoms with E-state index in [1.165, 1.54) is 87.8 Å². The highest BCUT2D eigenvalue weighted by Gasteiger charge is 2.15. The zero-order valence-electron chi connectivity index (χ0n) is 18.9. The summed E-state index contributed by atoms with van der Waals surface area (Å²) in [6.45, 7) is 2.86. The van der Waals surface area contributed by atoms with Gasteiger partial charge in [-0.05, 0) is 48.9 Å². The lowest BCUT2D eigenvalue weighted by molar-refractivity contribution is 0.0992. The fourth-order valence-corrected chi connectivity index (χ4v) is 4.48. The van der Waals surface area contributed by atoms with E-state index in [0.29, 0.717) is 12.4 Å². The second-order valence-corrected chi connectivity index (χ2v) is 9.70. The maximum absolute atomic E-state index is 12.6. The summed E-state index contributed by atoms with van der Waals surface area (Å²) in [5.74, 6) is -0.225. The van der Waals surface area contributed by atoms with Gasteiger partial charge in [-0.2, -0.15) is 0 Å². The fourth-order valence-electron chi connectivity index (χ4n) is 3.43. The van der Waals surface area contributed by atoms with E-state index in [0.717, 1.165) is 12.8 Å². The molecule has 0 aliphatic heterocycles. The quantitative estimate of drug-likeness (QED) is 0.302. The van der Waals surface area contributed by atoms with Crippen molar-refractivity contribution in [2.24, 2.45) is 0 Å². The van der Waals surface area contributed by atoms with Crippen LogP contribution in [-0.4, -0.2) is 20.9 Å². The number of nitrogens with one attached hydrogen (secondary N) is 2. The van der Waals surface area contributed by atoms with Crippen molar-refractivity contribution in [3.63, 3.8) is 0 Å². The molecule has 0 aliphatic carbocycles. The van der Waals surface area contributed by atoms with E-state index < -0.39 is 15.9 Å². The number of carbonyl (C=O) groups is 1. The van der Waals surface area contributed by atoms with E-state index in [-0.39, 0.29) is 16.1 Å². The van der Waals surface area contributed by atoms with Crippen LogP contribution in [0.5, 0.6) is 5.75 Å². The van der Waals surface area contributed by atoms with Crippen LogP contribution in [-0.2, 0) is 10.0 Å². The van der Waals surface area contributed by atoms with Gasteiger partial charge in [0.1, 0.15) is 5.75 Å². The normalized spacial score (nSPS) is 11.3. The highest BCUT2D eigenvalue weighted by atomic mass is 32.2. The molecule has 0 saturated heterocycles. The Morgan fingerprint density at radius 2 is 1.47 bits per heavy atom. The molecule has 2 N–H and O–H groups in total. The number of anilines is 1. The summed E-state index contributed by atoms with van der Waals surface area (Å²) in [5, 5.41) is 0. The Balaban J connectivity index is 1.70. The molecule has 1 radical (unpaired) electrons. The van der Waals surface area contributed by atoms with Crippen LogP contribution in [0.1, 0.15) is 81.5 Å². The Kier molecular flexibility index (Phi) is 11.1. The number of rotatable bonds is 16. The smallest absolute Gasteiger partial charge is 0.269 e. The minimum Gasteiger partial charge on any atom is -0.494 e. The molecule has 2 rings (SSSR count). The molecule has 2 aromatic carbocycles. The van der Waals surface area contributed by atoms with Crippen LogP contribution in [0.15, 0.2) is 53.4 Å². The lowest BCUT2D eigenvalue weighted by Crippen LogP contribution is -2.13. The van der Waals surface area contributed by atoms with E-state index in [9.17, 15) is 13.2 Å². The van der Waals surface area contributed by atoms with Crippen LogP contribution in [0.4, 0.5) is 5.69 Å². The van der Waals surface area contributed by atoms with Gasteiger partial charge in [0, 0.05) is 11.3 Å². The van der Waals surface area contributed by atoms with E-state index >= 15 is 0 Å². The van der Waals surface area contributed by atoms with E-state index in [4.69, 9.17) is 10.5 Å². The zero-order valence-corrected chi connectivity index (χ0v) is 19.8. The lowest BCUT2D eigenvalue weighted by Gasteiger charge is -2.10. The molecule has 0 aromatic heterocycles. The molecule has 0 saturated carbocycles. The van der Waals surface area contributed by atoms with E-state index in [2.05, 4.69) is 11.6 Å². The van der Waals surface area contributed by atoms with Crippen molar-refractivity contribution in [2.75, 3.05) is 11.3 Å². The number of unbranched alkanes of at least 4 members (excludes halogenated alkanes) is 9. The third kappa shape index (κ3) is 9.30. The minimum atomic E-state index is -3.80. The fraction of sp³-hybridized carbons (Fsp3) is 0.480. The van der Waals surface area contributed by atoms with Crippen molar-refractivity contribution in [2.45, 2.75) is 76.0 Å². The van der Waals surface area contributed by atoms with Gasteiger partial charge in [0.15, 0.2) is 0 Å². The van der Waals surface area contributed by atoms with Crippen molar-refractivity contribution in [1.29, 1.82) is 0 Å². The van der Waals surface area contributed by atoms with Crippen LogP contribution in [0, 0.1) is 0 Å². The lowest BCUT2D eigenvalue weighted by atomic mass is 10.1. The number of amides is 1. The van der Waals surface area contributed by atoms with Crippen LogP contribution in [0.3, 0.4) is 0 Å². The molecule has 32 heavy (non-hydrogen) atoms. The Morgan fingerprint density at radius 3 is 2.06 bits per heavy atom. The molecule has 0 bridgehead atoms.